The zero-order valence-electron chi connectivity index (χ0n) is 12.7. The number of nitrogens with zero attached hydrogens (tertiary/aromatic N) is 1. The lowest BCUT2D eigenvalue weighted by Gasteiger charge is -2.29. The number of hydrogen-bond acceptors (Lipinski definition) is 3. The molecule has 1 aliphatic heterocycles. The number of carboxylic acids is 1. The quantitative estimate of drug-likeness (QED) is 0.879. The zero-order chi connectivity index (χ0) is 16.1. The van der Waals surface area contributed by atoms with Crippen LogP contribution in [-0.4, -0.2) is 11.1 Å². The Bertz CT molecular complexity index is 777. The van der Waals surface area contributed by atoms with Crippen molar-refractivity contribution in [2.75, 3.05) is 5.01 Å². The van der Waals surface area contributed by atoms with Gasteiger partial charge in [-0.3, -0.25) is 9.80 Å². The number of hydrogen-bond donors (Lipinski definition) is 2. The molecule has 2 aliphatic carbocycles. The summed E-state index contributed by atoms with van der Waals surface area (Å²) in [7, 11) is 0. The number of allylic oxidation sites excluding steroid dienone is 3. The standard InChI is InChI=1S/C18H17FN2O2/c1-10-15-9-20-21(13-5-3-12(19)4-6-13)16(15)8-11-2-7-14(17(10)11)18(22)23/h3-6,8-10,14,20H,2,7H2,1H3,(H,22,23)/t10-,14-/m0/s1. The summed E-state index contributed by atoms with van der Waals surface area (Å²) in [6.07, 6.45) is 5.46. The molecule has 0 fully saturated rings. The van der Waals surface area contributed by atoms with Crippen molar-refractivity contribution >= 4 is 11.7 Å². The first kappa shape index (κ1) is 14.1. The highest BCUT2D eigenvalue weighted by molar-refractivity contribution is 5.77. The summed E-state index contributed by atoms with van der Waals surface area (Å²) >= 11 is 0. The van der Waals surface area contributed by atoms with Gasteiger partial charge in [-0.15, -0.1) is 0 Å². The van der Waals surface area contributed by atoms with Crippen molar-refractivity contribution in [3.05, 3.63) is 64.8 Å². The van der Waals surface area contributed by atoms with E-state index in [1.165, 1.54) is 12.1 Å². The first-order valence-electron chi connectivity index (χ1n) is 7.76. The molecule has 0 unspecified atom stereocenters. The normalized spacial score (nSPS) is 25.6. The third-order valence-corrected chi connectivity index (χ3v) is 4.96. The van der Waals surface area contributed by atoms with E-state index in [0.29, 0.717) is 6.42 Å². The molecule has 5 heteroatoms. The van der Waals surface area contributed by atoms with Crippen molar-refractivity contribution in [2.24, 2.45) is 11.8 Å². The van der Waals surface area contributed by atoms with Gasteiger partial charge in [0.2, 0.25) is 0 Å². The van der Waals surface area contributed by atoms with Crippen LogP contribution in [0.25, 0.3) is 0 Å². The van der Waals surface area contributed by atoms with E-state index in [9.17, 15) is 14.3 Å². The van der Waals surface area contributed by atoms with Gasteiger partial charge in [-0.05, 0) is 54.3 Å². The molecule has 0 aromatic heterocycles. The molecule has 118 valence electrons. The Morgan fingerprint density at radius 2 is 2.09 bits per heavy atom. The van der Waals surface area contributed by atoms with E-state index in [1.54, 1.807) is 12.1 Å². The minimum Gasteiger partial charge on any atom is -0.481 e. The van der Waals surface area contributed by atoms with Gasteiger partial charge in [-0.2, -0.15) is 0 Å². The predicted molar refractivity (Wildman–Crippen MR) is 84.7 cm³/mol. The highest BCUT2D eigenvalue weighted by Crippen LogP contribution is 2.47. The SMILES string of the molecule is C[C@H]1C2=CNN(c3ccc(F)cc3)C2=CC2=C1[C@@H](C(=O)O)CC2. The van der Waals surface area contributed by atoms with Crippen molar-refractivity contribution in [1.29, 1.82) is 0 Å². The van der Waals surface area contributed by atoms with Crippen LogP contribution in [0.5, 0.6) is 0 Å². The Labute approximate surface area is 133 Å². The lowest BCUT2D eigenvalue weighted by Crippen LogP contribution is -2.30. The first-order chi connectivity index (χ1) is 11.1. The third-order valence-electron chi connectivity index (χ3n) is 4.96. The van der Waals surface area contributed by atoms with Gasteiger partial charge >= 0.3 is 5.97 Å². The predicted octanol–water partition coefficient (Wildman–Crippen LogP) is 3.36. The van der Waals surface area contributed by atoms with Gasteiger partial charge in [0, 0.05) is 17.7 Å². The zero-order valence-corrected chi connectivity index (χ0v) is 12.7. The molecule has 1 aromatic carbocycles. The van der Waals surface area contributed by atoms with Crippen LogP contribution in [0.2, 0.25) is 0 Å². The van der Waals surface area contributed by atoms with Crippen molar-refractivity contribution < 1.29 is 14.3 Å². The number of halogens is 1. The number of fused-ring (bicyclic) bond motifs is 1. The van der Waals surface area contributed by atoms with Crippen LogP contribution in [0, 0.1) is 17.7 Å². The minimum atomic E-state index is -0.736. The van der Waals surface area contributed by atoms with Crippen molar-refractivity contribution in [2.45, 2.75) is 19.8 Å². The number of aliphatic carboxylic acids is 1. The Balaban J connectivity index is 1.74. The maximum atomic E-state index is 13.1. The van der Waals surface area contributed by atoms with E-state index in [0.717, 1.165) is 34.5 Å². The van der Waals surface area contributed by atoms with E-state index >= 15 is 0 Å². The number of benzene rings is 1. The molecule has 4 nitrogen and oxygen atoms in total. The van der Waals surface area contributed by atoms with E-state index in [1.807, 2.05) is 11.2 Å². The molecular formula is C18H17FN2O2. The summed E-state index contributed by atoms with van der Waals surface area (Å²) < 4.78 is 13.1. The molecule has 2 N–H and O–H groups in total. The molecular weight excluding hydrogens is 295 g/mol. The molecule has 3 aliphatic rings. The third kappa shape index (κ3) is 2.07. The van der Waals surface area contributed by atoms with Gasteiger partial charge in [0.25, 0.3) is 0 Å². The van der Waals surface area contributed by atoms with Crippen molar-refractivity contribution in [3.63, 3.8) is 0 Å². The second-order valence-electron chi connectivity index (χ2n) is 6.20. The van der Waals surface area contributed by atoms with E-state index in [4.69, 9.17) is 0 Å². The van der Waals surface area contributed by atoms with E-state index in [2.05, 4.69) is 18.4 Å². The van der Waals surface area contributed by atoms with Gasteiger partial charge < -0.3 is 10.5 Å². The van der Waals surface area contributed by atoms with Crippen LogP contribution < -0.4 is 10.4 Å². The van der Waals surface area contributed by atoms with Crippen LogP contribution in [0.15, 0.2) is 59.0 Å². The van der Waals surface area contributed by atoms with Crippen LogP contribution in [0.3, 0.4) is 0 Å². The summed E-state index contributed by atoms with van der Waals surface area (Å²) in [4.78, 5) is 11.5. The number of carbonyl (C=O) groups is 1. The van der Waals surface area contributed by atoms with Gasteiger partial charge in [0.15, 0.2) is 0 Å². The maximum Gasteiger partial charge on any atom is 0.310 e. The Morgan fingerprint density at radius 1 is 1.35 bits per heavy atom. The average molecular weight is 312 g/mol. The molecule has 1 aromatic rings. The Hall–Kier alpha value is -2.56. The van der Waals surface area contributed by atoms with Crippen molar-refractivity contribution in [1.82, 2.24) is 5.43 Å². The lowest BCUT2D eigenvalue weighted by molar-refractivity contribution is -0.140. The number of nitrogens with one attached hydrogen (secondary N) is 1. The summed E-state index contributed by atoms with van der Waals surface area (Å²) in [5, 5.41) is 11.4. The van der Waals surface area contributed by atoms with Crippen molar-refractivity contribution in [3.8, 4) is 0 Å². The Kier molecular flexibility index (Phi) is 3.04. The number of hydrazine groups is 1. The second-order valence-corrected chi connectivity index (χ2v) is 6.20. The van der Waals surface area contributed by atoms with Gasteiger partial charge in [-0.1, -0.05) is 6.92 Å². The molecule has 0 radical (unpaired) electrons. The molecule has 23 heavy (non-hydrogen) atoms. The molecule has 4 rings (SSSR count). The summed E-state index contributed by atoms with van der Waals surface area (Å²) in [6, 6.07) is 6.32. The highest BCUT2D eigenvalue weighted by Gasteiger charge is 2.40. The maximum absolute atomic E-state index is 13.1. The molecule has 0 spiro atoms. The highest BCUT2D eigenvalue weighted by atomic mass is 19.1. The monoisotopic (exact) mass is 312 g/mol. The smallest absolute Gasteiger partial charge is 0.310 e. The fraction of sp³-hybridized carbons (Fsp3) is 0.278. The molecule has 0 saturated carbocycles. The van der Waals surface area contributed by atoms with Gasteiger partial charge in [0.1, 0.15) is 5.82 Å². The van der Waals surface area contributed by atoms with Crippen LogP contribution in [0.1, 0.15) is 19.8 Å². The topological polar surface area (TPSA) is 52.6 Å². The molecule has 1 heterocycles. The number of carboxylic acid groups (broad SMARTS) is 1. The second kappa shape index (κ2) is 4.98. The van der Waals surface area contributed by atoms with Gasteiger partial charge in [-0.25, -0.2) is 4.39 Å². The number of anilines is 1. The van der Waals surface area contributed by atoms with Crippen LogP contribution in [0.4, 0.5) is 10.1 Å². The molecule has 0 saturated heterocycles. The average Bonchev–Trinajstić information content (AvgIpc) is 3.13. The molecule has 0 amide bonds. The first-order valence-corrected chi connectivity index (χ1v) is 7.76. The largest absolute Gasteiger partial charge is 0.481 e. The molecule has 0 bridgehead atoms. The summed E-state index contributed by atoms with van der Waals surface area (Å²) in [6.45, 7) is 2.06. The van der Waals surface area contributed by atoms with Crippen LogP contribution in [-0.2, 0) is 4.79 Å². The summed E-state index contributed by atoms with van der Waals surface area (Å²) in [5.41, 5.74) is 8.34. The number of rotatable bonds is 2. The minimum absolute atomic E-state index is 0.0755. The van der Waals surface area contributed by atoms with E-state index < -0.39 is 5.97 Å². The van der Waals surface area contributed by atoms with Gasteiger partial charge in [0.05, 0.1) is 17.3 Å². The van der Waals surface area contributed by atoms with Crippen LogP contribution >= 0.6 is 0 Å². The lowest BCUT2D eigenvalue weighted by atomic mass is 9.80. The summed E-state index contributed by atoms with van der Waals surface area (Å²) in [5.74, 6) is -1.30. The fourth-order valence-corrected chi connectivity index (χ4v) is 3.85. The molecule has 2 atom stereocenters. The fourth-order valence-electron chi connectivity index (χ4n) is 3.85. The Morgan fingerprint density at radius 3 is 2.78 bits per heavy atom. The van der Waals surface area contributed by atoms with E-state index in [-0.39, 0.29) is 17.7 Å².